The lowest BCUT2D eigenvalue weighted by molar-refractivity contribution is 0.0527. The normalized spacial score (nSPS) is 10.5. The number of H-pyrrole nitrogens is 1. The third-order valence-electron chi connectivity index (χ3n) is 2.85. The van der Waals surface area contributed by atoms with Crippen LogP contribution in [0.3, 0.4) is 0 Å². The molecule has 1 aromatic carbocycles. The minimum atomic E-state index is -0.503. The van der Waals surface area contributed by atoms with Gasteiger partial charge >= 0.3 is 5.97 Å². The lowest BCUT2D eigenvalue weighted by atomic mass is 10.1. The van der Waals surface area contributed by atoms with Gasteiger partial charge in [-0.2, -0.15) is 0 Å². The van der Waals surface area contributed by atoms with E-state index in [4.69, 9.17) is 10.5 Å². The second-order valence-electron chi connectivity index (χ2n) is 4.11. The van der Waals surface area contributed by atoms with Gasteiger partial charge in [-0.1, -0.05) is 12.1 Å². The van der Waals surface area contributed by atoms with Gasteiger partial charge < -0.3 is 15.5 Å². The number of nitrogens with two attached hydrogens (primary N) is 1. The van der Waals surface area contributed by atoms with Gasteiger partial charge in [-0.25, -0.2) is 9.18 Å². The Hall–Kier alpha value is -2.30. The Morgan fingerprint density at radius 2 is 2.11 bits per heavy atom. The topological polar surface area (TPSA) is 68.1 Å². The molecule has 1 heterocycles. The van der Waals surface area contributed by atoms with E-state index in [0.29, 0.717) is 17.0 Å². The van der Waals surface area contributed by atoms with Crippen LogP contribution in [0.15, 0.2) is 24.3 Å². The van der Waals surface area contributed by atoms with Crippen LogP contribution in [0.25, 0.3) is 11.3 Å². The lowest BCUT2D eigenvalue weighted by Gasteiger charge is -2.03. The smallest absolute Gasteiger partial charge is 0.342 e. The number of aromatic nitrogens is 1. The molecule has 0 spiro atoms. The quantitative estimate of drug-likeness (QED) is 0.836. The molecule has 0 radical (unpaired) electrons. The molecule has 0 aliphatic rings. The first-order chi connectivity index (χ1) is 9.06. The van der Waals surface area contributed by atoms with E-state index in [1.54, 1.807) is 32.0 Å². The number of nitrogen functional groups attached to an aromatic ring is 1. The average Bonchev–Trinajstić information content (AvgIpc) is 2.66. The Balaban J connectivity index is 2.54. The van der Waals surface area contributed by atoms with Crippen LogP contribution in [-0.2, 0) is 4.74 Å². The summed E-state index contributed by atoms with van der Waals surface area (Å²) in [6.45, 7) is 3.68. The van der Waals surface area contributed by atoms with Gasteiger partial charge in [-0.15, -0.1) is 0 Å². The molecule has 0 fully saturated rings. The largest absolute Gasteiger partial charge is 0.462 e. The Labute approximate surface area is 110 Å². The summed E-state index contributed by atoms with van der Waals surface area (Å²) < 4.78 is 18.7. The SMILES string of the molecule is CCOC(=O)c1c(C)[nH]c(-c2ccccc2F)c1N. The maximum atomic E-state index is 13.8. The molecule has 5 heteroatoms. The highest BCUT2D eigenvalue weighted by Crippen LogP contribution is 2.32. The third kappa shape index (κ3) is 2.31. The molecular weight excluding hydrogens is 247 g/mol. The number of anilines is 1. The molecule has 0 aliphatic heterocycles. The summed E-state index contributed by atoms with van der Waals surface area (Å²) in [4.78, 5) is 14.7. The Kier molecular flexibility index (Phi) is 3.55. The van der Waals surface area contributed by atoms with E-state index < -0.39 is 11.8 Å². The molecule has 0 saturated heterocycles. The first-order valence-electron chi connectivity index (χ1n) is 5.96. The van der Waals surface area contributed by atoms with Gasteiger partial charge in [0.2, 0.25) is 0 Å². The standard InChI is InChI=1S/C14H15FN2O2/c1-3-19-14(18)11-8(2)17-13(12(11)16)9-6-4-5-7-10(9)15/h4-7,17H,3,16H2,1-2H3. The maximum Gasteiger partial charge on any atom is 0.342 e. The molecule has 4 nitrogen and oxygen atoms in total. The molecular formula is C14H15FN2O2. The van der Waals surface area contributed by atoms with Crippen LogP contribution >= 0.6 is 0 Å². The van der Waals surface area contributed by atoms with Crippen molar-refractivity contribution in [3.05, 3.63) is 41.3 Å². The fraction of sp³-hybridized carbons (Fsp3) is 0.214. The number of nitrogens with one attached hydrogen (secondary N) is 1. The second-order valence-corrected chi connectivity index (χ2v) is 4.11. The number of esters is 1. The van der Waals surface area contributed by atoms with E-state index in [9.17, 15) is 9.18 Å². The van der Waals surface area contributed by atoms with Crippen LogP contribution in [0, 0.1) is 12.7 Å². The lowest BCUT2D eigenvalue weighted by Crippen LogP contribution is -2.07. The maximum absolute atomic E-state index is 13.8. The zero-order chi connectivity index (χ0) is 14.0. The number of aromatic amines is 1. The molecule has 0 unspecified atom stereocenters. The minimum absolute atomic E-state index is 0.209. The van der Waals surface area contributed by atoms with E-state index in [1.165, 1.54) is 6.07 Å². The highest BCUT2D eigenvalue weighted by Gasteiger charge is 2.22. The highest BCUT2D eigenvalue weighted by atomic mass is 19.1. The summed E-state index contributed by atoms with van der Waals surface area (Å²) >= 11 is 0. The molecule has 0 atom stereocenters. The first-order valence-corrected chi connectivity index (χ1v) is 5.96. The predicted octanol–water partition coefficient (Wildman–Crippen LogP) is 2.89. The van der Waals surface area contributed by atoms with Crippen molar-refractivity contribution < 1.29 is 13.9 Å². The van der Waals surface area contributed by atoms with Gasteiger partial charge in [-0.3, -0.25) is 0 Å². The molecule has 19 heavy (non-hydrogen) atoms. The van der Waals surface area contributed by atoms with Gasteiger partial charge in [0.1, 0.15) is 11.4 Å². The van der Waals surface area contributed by atoms with Crippen LogP contribution in [0.2, 0.25) is 0 Å². The first kappa shape index (κ1) is 13.1. The van der Waals surface area contributed by atoms with E-state index in [2.05, 4.69) is 4.98 Å². The second kappa shape index (κ2) is 5.14. The number of carbonyl (C=O) groups excluding carboxylic acids is 1. The van der Waals surface area contributed by atoms with Crippen molar-refractivity contribution in [2.24, 2.45) is 0 Å². The van der Waals surface area contributed by atoms with Crippen molar-refractivity contribution in [1.82, 2.24) is 4.98 Å². The van der Waals surface area contributed by atoms with Gasteiger partial charge in [-0.05, 0) is 26.0 Å². The molecule has 0 amide bonds. The van der Waals surface area contributed by atoms with Gasteiger partial charge in [0.25, 0.3) is 0 Å². The van der Waals surface area contributed by atoms with Crippen LogP contribution < -0.4 is 5.73 Å². The summed E-state index contributed by atoms with van der Waals surface area (Å²) in [5, 5.41) is 0. The van der Waals surface area contributed by atoms with Crippen molar-refractivity contribution in [1.29, 1.82) is 0 Å². The molecule has 100 valence electrons. The fourth-order valence-corrected chi connectivity index (χ4v) is 1.99. The van der Waals surface area contributed by atoms with Crippen LogP contribution in [-0.4, -0.2) is 17.6 Å². The molecule has 2 rings (SSSR count). The molecule has 0 aliphatic carbocycles. The average molecular weight is 262 g/mol. The van der Waals surface area contributed by atoms with E-state index >= 15 is 0 Å². The number of hydrogen-bond acceptors (Lipinski definition) is 3. The molecule has 0 bridgehead atoms. The minimum Gasteiger partial charge on any atom is -0.462 e. The van der Waals surface area contributed by atoms with Crippen molar-refractivity contribution in [3.63, 3.8) is 0 Å². The summed E-state index contributed by atoms with van der Waals surface area (Å²) in [6.07, 6.45) is 0. The van der Waals surface area contributed by atoms with Gasteiger partial charge in [0, 0.05) is 11.3 Å². The Morgan fingerprint density at radius 3 is 2.74 bits per heavy atom. The predicted molar refractivity (Wildman–Crippen MR) is 71.3 cm³/mol. The molecule has 2 aromatic rings. The molecule has 1 aromatic heterocycles. The monoisotopic (exact) mass is 262 g/mol. The number of aryl methyl sites for hydroxylation is 1. The molecule has 0 saturated carbocycles. The zero-order valence-electron chi connectivity index (χ0n) is 10.8. The number of benzene rings is 1. The third-order valence-corrected chi connectivity index (χ3v) is 2.85. The summed E-state index contributed by atoms with van der Waals surface area (Å²) in [7, 11) is 0. The van der Waals surface area contributed by atoms with Gasteiger partial charge in [0.05, 0.1) is 18.0 Å². The van der Waals surface area contributed by atoms with Crippen LogP contribution in [0.1, 0.15) is 23.0 Å². The van der Waals surface area contributed by atoms with Crippen LogP contribution in [0.5, 0.6) is 0 Å². The van der Waals surface area contributed by atoms with Crippen molar-refractivity contribution in [2.75, 3.05) is 12.3 Å². The number of halogens is 1. The van der Waals surface area contributed by atoms with Crippen molar-refractivity contribution in [2.45, 2.75) is 13.8 Å². The van der Waals surface area contributed by atoms with E-state index in [-0.39, 0.29) is 17.9 Å². The summed E-state index contributed by atoms with van der Waals surface area (Å²) in [5.74, 6) is -0.901. The van der Waals surface area contributed by atoms with Crippen molar-refractivity contribution in [3.8, 4) is 11.3 Å². The number of ether oxygens (including phenoxy) is 1. The summed E-state index contributed by atoms with van der Waals surface area (Å²) in [5.41, 5.74) is 7.71. The van der Waals surface area contributed by atoms with E-state index in [1.807, 2.05) is 0 Å². The van der Waals surface area contributed by atoms with E-state index in [0.717, 1.165) is 0 Å². The number of carbonyl (C=O) groups is 1. The number of rotatable bonds is 3. The van der Waals surface area contributed by atoms with Crippen molar-refractivity contribution >= 4 is 11.7 Å². The molecule has 3 N–H and O–H groups in total. The summed E-state index contributed by atoms with van der Waals surface area (Å²) in [6, 6.07) is 6.25. The Morgan fingerprint density at radius 1 is 1.42 bits per heavy atom. The number of hydrogen-bond donors (Lipinski definition) is 2. The fourth-order valence-electron chi connectivity index (χ4n) is 1.99. The van der Waals surface area contributed by atoms with Gasteiger partial charge in [0.15, 0.2) is 0 Å². The Bertz CT molecular complexity index is 620. The zero-order valence-corrected chi connectivity index (χ0v) is 10.8. The highest BCUT2D eigenvalue weighted by molar-refractivity contribution is 6.00. The van der Waals surface area contributed by atoms with Crippen LogP contribution in [0.4, 0.5) is 10.1 Å².